The summed E-state index contributed by atoms with van der Waals surface area (Å²) in [5, 5.41) is 8.78. The largest absolute Gasteiger partial charge is 0.479 e. The van der Waals surface area contributed by atoms with E-state index < -0.39 is 12.1 Å². The van der Waals surface area contributed by atoms with Crippen LogP contribution in [0.15, 0.2) is 53.4 Å². The molecule has 3 rings (SSSR count). The average molecular weight is 397 g/mol. The zero-order valence-electron chi connectivity index (χ0n) is 15.4. The Morgan fingerprint density at radius 3 is 2.64 bits per heavy atom. The van der Waals surface area contributed by atoms with E-state index in [0.29, 0.717) is 28.3 Å². The Bertz CT molecular complexity index is 969. The summed E-state index contributed by atoms with van der Waals surface area (Å²) in [6, 6.07) is 14.0. The number of para-hydroxylation sites is 1. The number of aryl methyl sites for hydroxylation is 1. The van der Waals surface area contributed by atoms with Gasteiger partial charge in [-0.05, 0) is 60.5 Å². The fraction of sp³-hybridized carbons (Fsp3) is 0.190. The van der Waals surface area contributed by atoms with Crippen LogP contribution < -0.4 is 9.64 Å². The first-order chi connectivity index (χ1) is 13.4. The van der Waals surface area contributed by atoms with Gasteiger partial charge in [0.2, 0.25) is 0 Å². The van der Waals surface area contributed by atoms with Crippen LogP contribution in [-0.4, -0.2) is 28.3 Å². The second-order valence-electron chi connectivity index (χ2n) is 6.23. The number of nitrogens with zero attached hydrogens (tertiary/aromatic N) is 1. The number of ether oxygens (including phenoxy) is 1. The number of hydrogen-bond donors (Lipinski definition) is 1. The Balaban J connectivity index is 1.85. The molecule has 0 aliphatic carbocycles. The molecular formula is C21H19NO5S. The van der Waals surface area contributed by atoms with Crippen LogP contribution in [0.4, 0.5) is 10.5 Å². The molecule has 1 aliphatic rings. The van der Waals surface area contributed by atoms with Crippen molar-refractivity contribution in [1.29, 1.82) is 0 Å². The van der Waals surface area contributed by atoms with Gasteiger partial charge in [0.25, 0.3) is 11.1 Å². The lowest BCUT2D eigenvalue weighted by atomic mass is 10.1. The van der Waals surface area contributed by atoms with Gasteiger partial charge in [-0.25, -0.2) is 9.69 Å². The monoisotopic (exact) mass is 397 g/mol. The summed E-state index contributed by atoms with van der Waals surface area (Å²) in [5.74, 6) is -1.03. The first-order valence-electron chi connectivity index (χ1n) is 8.73. The lowest BCUT2D eigenvalue weighted by Gasteiger charge is -2.15. The third-order valence-electron chi connectivity index (χ3n) is 4.23. The van der Waals surface area contributed by atoms with E-state index in [-0.39, 0.29) is 11.1 Å². The molecule has 0 bridgehead atoms. The number of carbonyl (C=O) groups is 3. The van der Waals surface area contributed by atoms with Crippen molar-refractivity contribution in [1.82, 2.24) is 0 Å². The molecule has 0 aromatic heterocycles. The van der Waals surface area contributed by atoms with E-state index in [1.54, 1.807) is 49.4 Å². The van der Waals surface area contributed by atoms with Crippen molar-refractivity contribution in [2.45, 2.75) is 26.4 Å². The van der Waals surface area contributed by atoms with Crippen LogP contribution in [0.5, 0.6) is 5.75 Å². The summed E-state index contributed by atoms with van der Waals surface area (Å²) in [4.78, 5) is 37.8. The topological polar surface area (TPSA) is 83.9 Å². The summed E-state index contributed by atoms with van der Waals surface area (Å²) >= 11 is 0.873. The van der Waals surface area contributed by atoms with E-state index in [4.69, 9.17) is 9.84 Å². The van der Waals surface area contributed by atoms with E-state index in [9.17, 15) is 14.4 Å². The van der Waals surface area contributed by atoms with Crippen molar-refractivity contribution >= 4 is 40.6 Å². The number of carboxylic acids is 1. The van der Waals surface area contributed by atoms with Gasteiger partial charge in [0.05, 0.1) is 10.6 Å². The smallest absolute Gasteiger partial charge is 0.344 e. The number of carboxylic acid groups (broad SMARTS) is 1. The first-order valence-corrected chi connectivity index (χ1v) is 9.55. The SMILES string of the molecule is CCC(Oc1cccc(/C=C2/SC(=O)N(c3ccccc3C)C2=O)c1)C(=O)O. The molecule has 144 valence electrons. The molecule has 1 heterocycles. The second-order valence-corrected chi connectivity index (χ2v) is 7.22. The molecule has 1 atom stereocenters. The fourth-order valence-electron chi connectivity index (χ4n) is 2.79. The molecule has 0 saturated carbocycles. The molecule has 1 saturated heterocycles. The summed E-state index contributed by atoms with van der Waals surface area (Å²) < 4.78 is 5.49. The normalized spacial score (nSPS) is 16.5. The summed E-state index contributed by atoms with van der Waals surface area (Å²) in [5.41, 5.74) is 2.05. The Morgan fingerprint density at radius 1 is 1.21 bits per heavy atom. The first kappa shape index (κ1) is 19.7. The average Bonchev–Trinajstić information content (AvgIpc) is 2.93. The zero-order chi connectivity index (χ0) is 20.3. The molecular weight excluding hydrogens is 378 g/mol. The Kier molecular flexibility index (Phi) is 5.84. The Morgan fingerprint density at radius 2 is 1.96 bits per heavy atom. The van der Waals surface area contributed by atoms with Gasteiger partial charge < -0.3 is 9.84 Å². The maximum absolute atomic E-state index is 12.8. The number of amides is 2. The lowest BCUT2D eigenvalue weighted by molar-refractivity contribution is -0.145. The lowest BCUT2D eigenvalue weighted by Crippen LogP contribution is -2.28. The van der Waals surface area contributed by atoms with Gasteiger partial charge in [-0.2, -0.15) is 0 Å². The van der Waals surface area contributed by atoms with E-state index in [2.05, 4.69) is 0 Å². The number of thioether (sulfide) groups is 1. The quantitative estimate of drug-likeness (QED) is 0.724. The highest BCUT2D eigenvalue weighted by Gasteiger charge is 2.36. The highest BCUT2D eigenvalue weighted by atomic mass is 32.2. The van der Waals surface area contributed by atoms with E-state index >= 15 is 0 Å². The highest BCUT2D eigenvalue weighted by Crippen LogP contribution is 2.37. The van der Waals surface area contributed by atoms with Crippen molar-refractivity contribution in [2.75, 3.05) is 4.90 Å². The van der Waals surface area contributed by atoms with Gasteiger partial charge in [-0.15, -0.1) is 0 Å². The molecule has 1 aliphatic heterocycles. The van der Waals surface area contributed by atoms with Crippen LogP contribution in [0.25, 0.3) is 6.08 Å². The minimum absolute atomic E-state index is 0.302. The number of imide groups is 1. The minimum atomic E-state index is -1.03. The number of hydrogen-bond acceptors (Lipinski definition) is 5. The van der Waals surface area contributed by atoms with Gasteiger partial charge in [-0.3, -0.25) is 9.59 Å². The summed E-state index contributed by atoms with van der Waals surface area (Å²) in [6.07, 6.45) is 0.996. The van der Waals surface area contributed by atoms with Gasteiger partial charge in [0, 0.05) is 0 Å². The van der Waals surface area contributed by atoms with E-state index in [1.807, 2.05) is 19.1 Å². The van der Waals surface area contributed by atoms with Crippen molar-refractivity contribution in [2.24, 2.45) is 0 Å². The van der Waals surface area contributed by atoms with Crippen LogP contribution in [0.1, 0.15) is 24.5 Å². The van der Waals surface area contributed by atoms with Crippen molar-refractivity contribution in [3.63, 3.8) is 0 Å². The summed E-state index contributed by atoms with van der Waals surface area (Å²) in [6.45, 7) is 3.57. The molecule has 28 heavy (non-hydrogen) atoms. The van der Waals surface area contributed by atoms with Crippen LogP contribution >= 0.6 is 11.8 Å². The van der Waals surface area contributed by atoms with E-state index in [1.165, 1.54) is 4.90 Å². The maximum atomic E-state index is 12.8. The molecule has 6 nitrogen and oxygen atoms in total. The second kappa shape index (κ2) is 8.31. The number of anilines is 1. The molecule has 1 unspecified atom stereocenters. The number of carbonyl (C=O) groups excluding carboxylic acids is 2. The minimum Gasteiger partial charge on any atom is -0.479 e. The molecule has 7 heteroatoms. The Labute approximate surface area is 166 Å². The fourth-order valence-corrected chi connectivity index (χ4v) is 3.63. The molecule has 1 N–H and O–H groups in total. The van der Waals surface area contributed by atoms with Crippen molar-refractivity contribution in [3.8, 4) is 5.75 Å². The van der Waals surface area contributed by atoms with Crippen LogP contribution in [0.3, 0.4) is 0 Å². The van der Waals surface area contributed by atoms with Crippen molar-refractivity contribution in [3.05, 3.63) is 64.6 Å². The molecule has 2 aromatic carbocycles. The molecule has 2 aromatic rings. The van der Waals surface area contributed by atoms with Crippen molar-refractivity contribution < 1.29 is 24.2 Å². The predicted molar refractivity (Wildman–Crippen MR) is 108 cm³/mol. The molecule has 0 spiro atoms. The number of aliphatic carboxylic acids is 1. The van der Waals surface area contributed by atoms with Gasteiger partial charge in [0.15, 0.2) is 6.10 Å². The van der Waals surface area contributed by atoms with Gasteiger partial charge in [-0.1, -0.05) is 37.3 Å². The van der Waals surface area contributed by atoms with Crippen LogP contribution in [-0.2, 0) is 9.59 Å². The molecule has 0 radical (unpaired) electrons. The predicted octanol–water partition coefficient (Wildman–Crippen LogP) is 4.48. The van der Waals surface area contributed by atoms with Gasteiger partial charge in [0.1, 0.15) is 5.75 Å². The third kappa shape index (κ3) is 4.09. The van der Waals surface area contributed by atoms with E-state index in [0.717, 1.165) is 17.3 Å². The highest BCUT2D eigenvalue weighted by molar-refractivity contribution is 8.19. The molecule has 2 amide bonds. The van der Waals surface area contributed by atoms with Crippen LogP contribution in [0.2, 0.25) is 0 Å². The van der Waals surface area contributed by atoms with Crippen LogP contribution in [0, 0.1) is 6.92 Å². The number of rotatable bonds is 6. The van der Waals surface area contributed by atoms with Gasteiger partial charge >= 0.3 is 5.97 Å². The third-order valence-corrected chi connectivity index (χ3v) is 5.10. The summed E-state index contributed by atoms with van der Waals surface area (Å²) in [7, 11) is 0. The Hall–Kier alpha value is -3.06. The maximum Gasteiger partial charge on any atom is 0.344 e. The molecule has 1 fully saturated rings. The zero-order valence-corrected chi connectivity index (χ0v) is 16.2. The standard InChI is InChI=1S/C21H19NO5S/c1-3-17(20(24)25)27-15-9-6-8-14(11-15)12-18-19(23)22(21(26)28-18)16-10-5-4-7-13(16)2/h4-12,17H,3H2,1-2H3,(H,24,25)/b18-12+. The number of benzene rings is 2.